The maximum atomic E-state index is 11.7. The minimum absolute atomic E-state index is 0.0801. The summed E-state index contributed by atoms with van der Waals surface area (Å²) in [5.74, 6) is 1.08. The first-order chi connectivity index (χ1) is 8.66. The van der Waals surface area contributed by atoms with E-state index in [1.165, 1.54) is 32.0 Å². The Morgan fingerprint density at radius 3 is 2.56 bits per heavy atom. The molecule has 1 rings (SSSR count). The highest BCUT2D eigenvalue weighted by Gasteiger charge is 2.49. The van der Waals surface area contributed by atoms with Gasteiger partial charge >= 0.3 is 0 Å². The zero-order valence-corrected chi connectivity index (χ0v) is 12.6. The van der Waals surface area contributed by atoms with E-state index in [2.05, 4.69) is 20.8 Å². The summed E-state index contributed by atoms with van der Waals surface area (Å²) in [5.41, 5.74) is -0.184. The van der Waals surface area contributed by atoms with Gasteiger partial charge in [-0.1, -0.05) is 46.5 Å². The lowest BCUT2D eigenvalue weighted by Crippen LogP contribution is -2.46. The highest BCUT2D eigenvalue weighted by Crippen LogP contribution is 2.46. The number of unbranched alkanes of at least 4 members (excludes halogenated alkanes) is 1. The third-order valence-corrected chi connectivity index (χ3v) is 5.09. The zero-order chi connectivity index (χ0) is 13.6. The molecule has 1 aliphatic carbocycles. The fraction of sp³-hybridized carbons (Fsp3) is 0.938. The van der Waals surface area contributed by atoms with Gasteiger partial charge in [-0.05, 0) is 31.1 Å². The lowest BCUT2D eigenvalue weighted by atomic mass is 9.71. The zero-order valence-electron chi connectivity index (χ0n) is 12.6. The maximum absolute atomic E-state index is 11.7. The fourth-order valence-electron chi connectivity index (χ4n) is 3.84. The van der Waals surface area contributed by atoms with Crippen molar-refractivity contribution >= 4 is 6.29 Å². The molecule has 1 fully saturated rings. The predicted molar refractivity (Wildman–Crippen MR) is 75.6 cm³/mol. The summed E-state index contributed by atoms with van der Waals surface area (Å²) < 4.78 is 5.90. The molecule has 2 nitrogen and oxygen atoms in total. The van der Waals surface area contributed by atoms with Crippen LogP contribution < -0.4 is 0 Å². The topological polar surface area (TPSA) is 26.3 Å². The minimum Gasteiger partial charge on any atom is -0.377 e. The van der Waals surface area contributed by atoms with Gasteiger partial charge < -0.3 is 9.53 Å². The average molecular weight is 254 g/mol. The lowest BCUT2D eigenvalue weighted by Gasteiger charge is -2.41. The van der Waals surface area contributed by atoms with Crippen LogP contribution in [0.5, 0.6) is 0 Å². The smallest absolute Gasteiger partial charge is 0.126 e. The summed E-state index contributed by atoms with van der Waals surface area (Å²) >= 11 is 0. The summed E-state index contributed by atoms with van der Waals surface area (Å²) in [6.07, 6.45) is 9.31. The maximum Gasteiger partial charge on any atom is 0.126 e. The molecule has 0 radical (unpaired) electrons. The van der Waals surface area contributed by atoms with E-state index in [-0.39, 0.29) is 11.5 Å². The van der Waals surface area contributed by atoms with Gasteiger partial charge in [0, 0.05) is 13.0 Å². The van der Waals surface area contributed by atoms with E-state index in [0.717, 1.165) is 19.3 Å². The van der Waals surface area contributed by atoms with E-state index in [9.17, 15) is 4.79 Å². The van der Waals surface area contributed by atoms with E-state index in [1.807, 2.05) is 0 Å². The summed E-state index contributed by atoms with van der Waals surface area (Å²) in [7, 11) is 1.80. The van der Waals surface area contributed by atoms with Crippen molar-refractivity contribution in [3.8, 4) is 0 Å². The molecule has 0 bridgehead atoms. The fourth-order valence-corrected chi connectivity index (χ4v) is 3.84. The van der Waals surface area contributed by atoms with Crippen LogP contribution in [0.4, 0.5) is 0 Å². The molecule has 0 N–H and O–H groups in total. The summed E-state index contributed by atoms with van der Waals surface area (Å²) in [4.78, 5) is 11.7. The molecule has 0 aromatic carbocycles. The van der Waals surface area contributed by atoms with Crippen LogP contribution in [0, 0.1) is 17.8 Å². The third kappa shape index (κ3) is 2.96. The van der Waals surface area contributed by atoms with Crippen molar-refractivity contribution in [3.63, 3.8) is 0 Å². The first-order valence-electron chi connectivity index (χ1n) is 7.66. The van der Waals surface area contributed by atoms with Crippen molar-refractivity contribution in [1.82, 2.24) is 0 Å². The molecule has 0 heterocycles. The first-order valence-corrected chi connectivity index (χ1v) is 7.66. The second-order valence-corrected chi connectivity index (χ2v) is 5.92. The molecule has 4 unspecified atom stereocenters. The number of aldehydes is 1. The van der Waals surface area contributed by atoms with E-state index in [0.29, 0.717) is 11.8 Å². The number of ether oxygens (including phenoxy) is 1. The first kappa shape index (κ1) is 15.7. The summed E-state index contributed by atoms with van der Waals surface area (Å²) in [6, 6.07) is 0. The Labute approximate surface area is 112 Å². The number of methoxy groups -OCH3 is 1. The van der Waals surface area contributed by atoms with Crippen LogP contribution in [0.3, 0.4) is 0 Å². The van der Waals surface area contributed by atoms with Crippen LogP contribution in [0.25, 0.3) is 0 Å². The Morgan fingerprint density at radius 1 is 1.44 bits per heavy atom. The Kier molecular flexibility index (Phi) is 6.34. The van der Waals surface area contributed by atoms with Crippen molar-refractivity contribution in [3.05, 3.63) is 0 Å². The van der Waals surface area contributed by atoms with Gasteiger partial charge in [-0.2, -0.15) is 0 Å². The highest BCUT2D eigenvalue weighted by atomic mass is 16.5. The second-order valence-electron chi connectivity index (χ2n) is 5.92. The Morgan fingerprint density at radius 2 is 2.17 bits per heavy atom. The largest absolute Gasteiger partial charge is 0.377 e. The molecule has 2 heteroatoms. The quantitative estimate of drug-likeness (QED) is 0.606. The van der Waals surface area contributed by atoms with E-state index < -0.39 is 0 Å². The standard InChI is InChI=1S/C16H30O2/c1-5-7-10-14(6-2)15(12-17)16(18-4)11-8-9-13(16)3/h12-15H,5-11H2,1-4H3. The van der Waals surface area contributed by atoms with Gasteiger partial charge in [-0.15, -0.1) is 0 Å². The molecule has 1 saturated carbocycles. The summed E-state index contributed by atoms with van der Waals surface area (Å²) in [6.45, 7) is 6.67. The third-order valence-electron chi connectivity index (χ3n) is 5.09. The molecule has 106 valence electrons. The molecular weight excluding hydrogens is 224 g/mol. The van der Waals surface area contributed by atoms with E-state index in [4.69, 9.17) is 4.74 Å². The van der Waals surface area contributed by atoms with Crippen LogP contribution >= 0.6 is 0 Å². The van der Waals surface area contributed by atoms with E-state index in [1.54, 1.807) is 7.11 Å². The molecule has 4 atom stereocenters. The van der Waals surface area contributed by atoms with Crippen LogP contribution in [0.2, 0.25) is 0 Å². The van der Waals surface area contributed by atoms with Gasteiger partial charge in [0.1, 0.15) is 6.29 Å². The number of hydrogen-bond acceptors (Lipinski definition) is 2. The van der Waals surface area contributed by atoms with Gasteiger partial charge in [0.2, 0.25) is 0 Å². The van der Waals surface area contributed by atoms with Gasteiger partial charge in [0.05, 0.1) is 5.60 Å². The number of rotatable bonds is 8. The van der Waals surface area contributed by atoms with Crippen LogP contribution in [-0.2, 0) is 9.53 Å². The molecule has 0 aliphatic heterocycles. The minimum atomic E-state index is -0.184. The predicted octanol–water partition coefficient (Wildman–Crippen LogP) is 4.22. The molecule has 0 amide bonds. The second kappa shape index (κ2) is 7.28. The van der Waals surface area contributed by atoms with Crippen molar-refractivity contribution < 1.29 is 9.53 Å². The number of carbonyl (C=O) groups is 1. The molecule has 1 aliphatic rings. The number of hydrogen-bond donors (Lipinski definition) is 0. The molecule has 0 aromatic rings. The number of carbonyl (C=O) groups excluding carboxylic acids is 1. The normalized spacial score (nSPS) is 31.2. The average Bonchev–Trinajstić information content (AvgIpc) is 2.76. The van der Waals surface area contributed by atoms with Crippen molar-refractivity contribution in [2.24, 2.45) is 17.8 Å². The van der Waals surface area contributed by atoms with Crippen molar-refractivity contribution in [2.45, 2.75) is 71.3 Å². The van der Waals surface area contributed by atoms with Crippen LogP contribution in [-0.4, -0.2) is 19.0 Å². The van der Waals surface area contributed by atoms with Gasteiger partial charge in [0.25, 0.3) is 0 Å². The SMILES string of the molecule is CCCCC(CC)C(C=O)C1(OC)CCCC1C. The Hall–Kier alpha value is -0.370. The van der Waals surface area contributed by atoms with Crippen molar-refractivity contribution in [2.75, 3.05) is 7.11 Å². The van der Waals surface area contributed by atoms with Gasteiger partial charge in [0.15, 0.2) is 0 Å². The van der Waals surface area contributed by atoms with Crippen molar-refractivity contribution in [1.29, 1.82) is 0 Å². The van der Waals surface area contributed by atoms with Gasteiger partial charge in [-0.3, -0.25) is 0 Å². The lowest BCUT2D eigenvalue weighted by molar-refractivity contribution is -0.135. The van der Waals surface area contributed by atoms with E-state index >= 15 is 0 Å². The highest BCUT2D eigenvalue weighted by molar-refractivity contribution is 5.57. The van der Waals surface area contributed by atoms with Crippen LogP contribution in [0.1, 0.15) is 65.7 Å². The Balaban J connectivity index is 2.87. The molecule has 0 saturated heterocycles. The molecule has 0 spiro atoms. The monoisotopic (exact) mass is 254 g/mol. The molecular formula is C16H30O2. The summed E-state index contributed by atoms with van der Waals surface area (Å²) in [5, 5.41) is 0. The molecule has 18 heavy (non-hydrogen) atoms. The van der Waals surface area contributed by atoms with Gasteiger partial charge in [-0.25, -0.2) is 0 Å². The van der Waals surface area contributed by atoms with Crippen LogP contribution in [0.15, 0.2) is 0 Å². The Bertz CT molecular complexity index is 251. The molecule has 0 aromatic heterocycles.